The summed E-state index contributed by atoms with van der Waals surface area (Å²) in [4.78, 5) is 11.1. The molecule has 0 atom stereocenters. The number of ketones is 1. The van der Waals surface area contributed by atoms with E-state index in [0.29, 0.717) is 5.75 Å². The van der Waals surface area contributed by atoms with Gasteiger partial charge in [-0.15, -0.1) is 0 Å². The maximum absolute atomic E-state index is 12.3. The van der Waals surface area contributed by atoms with Crippen LogP contribution in [0.3, 0.4) is 0 Å². The first kappa shape index (κ1) is 14.1. The monoisotopic (exact) mass is 280 g/mol. The zero-order valence-corrected chi connectivity index (χ0v) is 10.4. The van der Waals surface area contributed by atoms with Gasteiger partial charge in [-0.2, -0.15) is 13.2 Å². The van der Waals surface area contributed by atoms with Gasteiger partial charge in [-0.05, 0) is 18.2 Å². The molecule has 2 nitrogen and oxygen atoms in total. The summed E-state index contributed by atoms with van der Waals surface area (Å²) in [6.07, 6.45) is -5.56. The maximum atomic E-state index is 12.3. The number of rotatable bonds is 4. The summed E-state index contributed by atoms with van der Waals surface area (Å²) in [5.74, 6) is -1.04. The van der Waals surface area contributed by atoms with Gasteiger partial charge in [0.1, 0.15) is 11.5 Å². The lowest BCUT2D eigenvalue weighted by atomic mass is 10.1. The van der Waals surface area contributed by atoms with E-state index >= 15 is 0 Å². The lowest BCUT2D eigenvalue weighted by molar-refractivity contribution is -0.170. The number of Topliss-reactive ketones (excluding diaryl/α,β-unsaturated/α-hetero) is 1. The molecule has 2 aromatic carbocycles. The first-order chi connectivity index (χ1) is 9.47. The third kappa shape index (κ3) is 3.60. The molecule has 0 radical (unpaired) electrons. The fourth-order valence-corrected chi connectivity index (χ4v) is 1.64. The highest BCUT2D eigenvalue weighted by atomic mass is 19.4. The van der Waals surface area contributed by atoms with Crippen molar-refractivity contribution in [3.05, 3.63) is 60.2 Å². The molecular weight excluding hydrogens is 269 g/mol. The molecule has 0 saturated carbocycles. The molecule has 0 saturated heterocycles. The summed E-state index contributed by atoms with van der Waals surface area (Å²) in [5, 5.41) is 0. The Labute approximate surface area is 113 Å². The molecule has 2 aromatic rings. The van der Waals surface area contributed by atoms with Gasteiger partial charge in [0.05, 0.1) is 0 Å². The fraction of sp³-hybridized carbons (Fsp3) is 0.133. The normalized spacial score (nSPS) is 11.2. The van der Waals surface area contributed by atoms with Crippen LogP contribution < -0.4 is 4.74 Å². The number of carbonyl (C=O) groups excluding carboxylic acids is 1. The average molecular weight is 280 g/mol. The summed E-state index contributed by atoms with van der Waals surface area (Å²) in [5.41, 5.74) is 0.207. The van der Waals surface area contributed by atoms with Gasteiger partial charge in [0.2, 0.25) is 5.78 Å². The Kier molecular flexibility index (Phi) is 4.08. The molecule has 5 heteroatoms. The van der Waals surface area contributed by atoms with Gasteiger partial charge >= 0.3 is 6.18 Å². The minimum atomic E-state index is -4.83. The molecular formula is C15H11F3O2. The SMILES string of the molecule is O=C(Cc1ccccc1Oc1ccccc1)C(F)(F)F. The van der Waals surface area contributed by atoms with Crippen LogP contribution in [0.2, 0.25) is 0 Å². The highest BCUT2D eigenvalue weighted by molar-refractivity contribution is 5.86. The second kappa shape index (κ2) is 5.77. The predicted molar refractivity (Wildman–Crippen MR) is 67.7 cm³/mol. The van der Waals surface area contributed by atoms with Crippen molar-refractivity contribution in [2.45, 2.75) is 12.6 Å². The zero-order chi connectivity index (χ0) is 14.6. The number of halogens is 3. The van der Waals surface area contributed by atoms with Gasteiger partial charge in [-0.25, -0.2) is 0 Å². The van der Waals surface area contributed by atoms with Crippen molar-refractivity contribution in [1.82, 2.24) is 0 Å². The van der Waals surface area contributed by atoms with Gasteiger partial charge in [0, 0.05) is 12.0 Å². The highest BCUT2D eigenvalue weighted by Gasteiger charge is 2.38. The van der Waals surface area contributed by atoms with E-state index < -0.39 is 18.4 Å². The fourth-order valence-electron chi connectivity index (χ4n) is 1.64. The van der Waals surface area contributed by atoms with Crippen molar-refractivity contribution >= 4 is 5.78 Å². The lowest BCUT2D eigenvalue weighted by Gasteiger charge is -2.11. The molecule has 0 fully saturated rings. The maximum Gasteiger partial charge on any atom is 0.450 e. The van der Waals surface area contributed by atoms with E-state index in [9.17, 15) is 18.0 Å². The molecule has 0 unspecified atom stereocenters. The summed E-state index contributed by atoms with van der Waals surface area (Å²) in [6.45, 7) is 0. The van der Waals surface area contributed by atoms with Crippen LogP contribution in [0.4, 0.5) is 13.2 Å². The van der Waals surface area contributed by atoms with Crippen LogP contribution in [-0.2, 0) is 11.2 Å². The van der Waals surface area contributed by atoms with E-state index in [1.807, 2.05) is 0 Å². The number of hydrogen-bond acceptors (Lipinski definition) is 2. The number of benzene rings is 2. The van der Waals surface area contributed by atoms with E-state index in [-0.39, 0.29) is 11.3 Å². The minimum Gasteiger partial charge on any atom is -0.457 e. The third-order valence-corrected chi connectivity index (χ3v) is 2.61. The second-order valence-corrected chi connectivity index (χ2v) is 4.12. The smallest absolute Gasteiger partial charge is 0.450 e. The van der Waals surface area contributed by atoms with Crippen LogP contribution in [0, 0.1) is 0 Å². The van der Waals surface area contributed by atoms with Crippen LogP contribution in [0.1, 0.15) is 5.56 Å². The average Bonchev–Trinajstić information content (AvgIpc) is 2.41. The van der Waals surface area contributed by atoms with Crippen LogP contribution >= 0.6 is 0 Å². The quantitative estimate of drug-likeness (QED) is 0.840. The number of hydrogen-bond donors (Lipinski definition) is 0. The van der Waals surface area contributed by atoms with Gasteiger partial charge in [0.25, 0.3) is 0 Å². The Morgan fingerprint density at radius 3 is 2.20 bits per heavy atom. The summed E-state index contributed by atoms with van der Waals surface area (Å²) in [6, 6.07) is 14.8. The topological polar surface area (TPSA) is 26.3 Å². The van der Waals surface area contributed by atoms with E-state index in [4.69, 9.17) is 4.74 Å². The summed E-state index contributed by atoms with van der Waals surface area (Å²) < 4.78 is 42.4. The van der Waals surface area contributed by atoms with E-state index in [1.165, 1.54) is 12.1 Å². The van der Waals surface area contributed by atoms with Crippen molar-refractivity contribution in [2.24, 2.45) is 0 Å². The Balaban J connectivity index is 2.21. The molecule has 0 bridgehead atoms. The first-order valence-corrected chi connectivity index (χ1v) is 5.87. The molecule has 0 spiro atoms. The molecule has 0 N–H and O–H groups in total. The number of ether oxygens (including phenoxy) is 1. The molecule has 0 aliphatic rings. The Morgan fingerprint density at radius 2 is 1.55 bits per heavy atom. The number of para-hydroxylation sites is 2. The zero-order valence-electron chi connectivity index (χ0n) is 10.4. The van der Waals surface area contributed by atoms with Crippen molar-refractivity contribution < 1.29 is 22.7 Å². The van der Waals surface area contributed by atoms with Gasteiger partial charge in [-0.1, -0.05) is 36.4 Å². The van der Waals surface area contributed by atoms with E-state index in [2.05, 4.69) is 0 Å². The molecule has 0 aliphatic carbocycles. The molecule has 20 heavy (non-hydrogen) atoms. The summed E-state index contributed by atoms with van der Waals surface area (Å²) in [7, 11) is 0. The Bertz CT molecular complexity index is 592. The highest BCUT2D eigenvalue weighted by Crippen LogP contribution is 2.27. The van der Waals surface area contributed by atoms with Crippen LogP contribution in [0.25, 0.3) is 0 Å². The van der Waals surface area contributed by atoms with Crippen LogP contribution in [0.15, 0.2) is 54.6 Å². The van der Waals surface area contributed by atoms with Crippen LogP contribution in [0.5, 0.6) is 11.5 Å². The third-order valence-electron chi connectivity index (χ3n) is 2.61. The predicted octanol–water partition coefficient (Wildman–Crippen LogP) is 4.15. The second-order valence-electron chi connectivity index (χ2n) is 4.12. The lowest BCUT2D eigenvalue weighted by Crippen LogP contribution is -2.24. The van der Waals surface area contributed by atoms with E-state index in [1.54, 1.807) is 42.5 Å². The first-order valence-electron chi connectivity index (χ1n) is 5.87. The van der Waals surface area contributed by atoms with Gasteiger partial charge in [0.15, 0.2) is 0 Å². The molecule has 0 amide bonds. The standard InChI is InChI=1S/C15H11F3O2/c16-15(17,18)14(19)10-11-6-4-5-9-13(11)20-12-7-2-1-3-8-12/h1-9H,10H2. The van der Waals surface area contributed by atoms with Crippen molar-refractivity contribution in [3.8, 4) is 11.5 Å². The number of carbonyl (C=O) groups is 1. The van der Waals surface area contributed by atoms with Gasteiger partial charge < -0.3 is 4.74 Å². The van der Waals surface area contributed by atoms with Crippen molar-refractivity contribution in [1.29, 1.82) is 0 Å². The number of alkyl halides is 3. The molecule has 0 heterocycles. The van der Waals surface area contributed by atoms with E-state index in [0.717, 1.165) is 0 Å². The van der Waals surface area contributed by atoms with Crippen molar-refractivity contribution in [2.75, 3.05) is 0 Å². The minimum absolute atomic E-state index is 0.207. The largest absolute Gasteiger partial charge is 0.457 e. The van der Waals surface area contributed by atoms with Gasteiger partial charge in [-0.3, -0.25) is 4.79 Å². The molecule has 0 aliphatic heterocycles. The molecule has 0 aromatic heterocycles. The Hall–Kier alpha value is -2.30. The molecule has 2 rings (SSSR count). The Morgan fingerprint density at radius 1 is 0.950 bits per heavy atom. The summed E-state index contributed by atoms with van der Waals surface area (Å²) >= 11 is 0. The molecule has 104 valence electrons. The van der Waals surface area contributed by atoms with Crippen molar-refractivity contribution in [3.63, 3.8) is 0 Å². The van der Waals surface area contributed by atoms with Crippen LogP contribution in [-0.4, -0.2) is 12.0 Å².